The normalized spacial score (nSPS) is 24.6. The minimum atomic E-state index is -0.413. The second-order valence-electron chi connectivity index (χ2n) is 4.42. The largest absolute Gasteiger partial charge is 0.387 e. The molecule has 0 amide bonds. The van der Waals surface area contributed by atoms with Crippen LogP contribution in [0, 0.1) is 5.92 Å². The minimum Gasteiger partial charge on any atom is -0.387 e. The van der Waals surface area contributed by atoms with E-state index in [0.717, 1.165) is 26.4 Å². The third kappa shape index (κ3) is 2.28. The van der Waals surface area contributed by atoms with E-state index in [1.54, 1.807) is 11.8 Å². The van der Waals surface area contributed by atoms with E-state index in [4.69, 9.17) is 11.6 Å². The standard InChI is InChI=1S/C12H14BrClOS/c1-6(2)12-11(15)8-3-7(13)4-10(14)9(8)5-16-12/h3-4,6,11-12,15H,5H2,1-2H3. The van der Waals surface area contributed by atoms with Crippen LogP contribution in [0.15, 0.2) is 16.6 Å². The molecule has 2 unspecified atom stereocenters. The molecule has 2 atom stereocenters. The average Bonchev–Trinajstić information content (AvgIpc) is 2.19. The summed E-state index contributed by atoms with van der Waals surface area (Å²) in [5.74, 6) is 1.35. The highest BCUT2D eigenvalue weighted by molar-refractivity contribution is 9.10. The van der Waals surface area contributed by atoms with Gasteiger partial charge in [0.15, 0.2) is 0 Å². The van der Waals surface area contributed by atoms with Gasteiger partial charge in [-0.2, -0.15) is 11.8 Å². The van der Waals surface area contributed by atoms with Crippen molar-refractivity contribution in [2.45, 2.75) is 31.0 Å². The molecule has 1 heterocycles. The fourth-order valence-electron chi connectivity index (χ4n) is 2.04. The Labute approximate surface area is 114 Å². The average molecular weight is 322 g/mol. The van der Waals surface area contributed by atoms with Gasteiger partial charge in [0.05, 0.1) is 6.10 Å². The second-order valence-corrected chi connectivity index (χ2v) is 6.91. The van der Waals surface area contributed by atoms with Crippen molar-refractivity contribution in [1.29, 1.82) is 0 Å². The molecule has 2 rings (SSSR count). The van der Waals surface area contributed by atoms with Crippen LogP contribution in [0.2, 0.25) is 5.02 Å². The maximum Gasteiger partial charge on any atom is 0.0915 e. The van der Waals surface area contributed by atoms with Crippen molar-refractivity contribution in [3.63, 3.8) is 0 Å². The van der Waals surface area contributed by atoms with Gasteiger partial charge in [-0.05, 0) is 29.2 Å². The molecule has 1 nitrogen and oxygen atoms in total. The summed E-state index contributed by atoms with van der Waals surface area (Å²) in [5.41, 5.74) is 2.07. The first-order valence-electron chi connectivity index (χ1n) is 5.28. The Morgan fingerprint density at radius 2 is 2.19 bits per heavy atom. The summed E-state index contributed by atoms with van der Waals surface area (Å²) in [4.78, 5) is 0. The number of benzene rings is 1. The number of halogens is 2. The quantitative estimate of drug-likeness (QED) is 0.827. The van der Waals surface area contributed by atoms with Crippen LogP contribution in [0.25, 0.3) is 0 Å². The van der Waals surface area contributed by atoms with Gasteiger partial charge in [-0.25, -0.2) is 0 Å². The highest BCUT2D eigenvalue weighted by atomic mass is 79.9. The van der Waals surface area contributed by atoms with E-state index < -0.39 is 6.10 Å². The summed E-state index contributed by atoms with van der Waals surface area (Å²) in [6.45, 7) is 4.29. The lowest BCUT2D eigenvalue weighted by Gasteiger charge is -2.32. The van der Waals surface area contributed by atoms with Gasteiger partial charge in [0, 0.05) is 20.5 Å². The van der Waals surface area contributed by atoms with E-state index in [-0.39, 0.29) is 5.25 Å². The molecule has 1 aliphatic rings. The fraction of sp³-hybridized carbons (Fsp3) is 0.500. The smallest absolute Gasteiger partial charge is 0.0915 e. The zero-order valence-corrected chi connectivity index (χ0v) is 12.4. The number of thioether (sulfide) groups is 1. The van der Waals surface area contributed by atoms with E-state index in [9.17, 15) is 5.11 Å². The van der Waals surface area contributed by atoms with E-state index in [1.807, 2.05) is 12.1 Å². The minimum absolute atomic E-state index is 0.262. The van der Waals surface area contributed by atoms with Crippen molar-refractivity contribution >= 4 is 39.3 Å². The number of hydrogen-bond donors (Lipinski definition) is 1. The highest BCUT2D eigenvalue weighted by Gasteiger charge is 2.31. The molecule has 88 valence electrons. The van der Waals surface area contributed by atoms with Crippen LogP contribution < -0.4 is 0 Å². The van der Waals surface area contributed by atoms with Crippen LogP contribution in [0.3, 0.4) is 0 Å². The van der Waals surface area contributed by atoms with E-state index in [0.29, 0.717) is 5.92 Å². The third-order valence-corrected chi connectivity index (χ3v) is 5.34. The molecule has 1 aliphatic heterocycles. The number of fused-ring (bicyclic) bond motifs is 1. The van der Waals surface area contributed by atoms with Gasteiger partial charge in [0.1, 0.15) is 0 Å². The van der Waals surface area contributed by atoms with Crippen molar-refractivity contribution in [3.05, 3.63) is 32.8 Å². The summed E-state index contributed by atoms with van der Waals surface area (Å²) in [7, 11) is 0. The summed E-state index contributed by atoms with van der Waals surface area (Å²) >= 11 is 11.4. The van der Waals surface area contributed by atoms with Crippen molar-refractivity contribution < 1.29 is 5.11 Å². The molecule has 0 saturated heterocycles. The molecular formula is C12H14BrClOS. The van der Waals surface area contributed by atoms with E-state index in [2.05, 4.69) is 29.8 Å². The third-order valence-electron chi connectivity index (χ3n) is 2.90. The molecule has 0 radical (unpaired) electrons. The second kappa shape index (κ2) is 4.89. The van der Waals surface area contributed by atoms with Gasteiger partial charge in [0.2, 0.25) is 0 Å². The van der Waals surface area contributed by atoms with Gasteiger partial charge in [-0.3, -0.25) is 0 Å². The van der Waals surface area contributed by atoms with Crippen LogP contribution in [0.1, 0.15) is 31.1 Å². The Balaban J connectivity index is 2.44. The van der Waals surface area contributed by atoms with Gasteiger partial charge in [-0.1, -0.05) is 41.4 Å². The SMILES string of the molecule is CC(C)C1SCc2c(Cl)cc(Br)cc2C1O. The molecule has 1 N–H and O–H groups in total. The van der Waals surface area contributed by atoms with Crippen LogP contribution >= 0.6 is 39.3 Å². The lowest BCUT2D eigenvalue weighted by molar-refractivity contribution is 0.156. The molecule has 16 heavy (non-hydrogen) atoms. The Bertz CT molecular complexity index is 408. The van der Waals surface area contributed by atoms with Crippen molar-refractivity contribution in [2.24, 2.45) is 5.92 Å². The molecular weight excluding hydrogens is 308 g/mol. The predicted molar refractivity (Wildman–Crippen MR) is 74.0 cm³/mol. The first-order chi connectivity index (χ1) is 7.50. The topological polar surface area (TPSA) is 20.2 Å². The van der Waals surface area contributed by atoms with Crippen LogP contribution in [-0.4, -0.2) is 10.4 Å². The van der Waals surface area contributed by atoms with Crippen molar-refractivity contribution in [3.8, 4) is 0 Å². The molecule has 1 aromatic carbocycles. The molecule has 0 saturated carbocycles. The maximum atomic E-state index is 10.3. The fourth-order valence-corrected chi connectivity index (χ4v) is 4.42. The zero-order chi connectivity index (χ0) is 11.9. The predicted octanol–water partition coefficient (Wildman–Crippen LogP) is 4.41. The van der Waals surface area contributed by atoms with Crippen molar-refractivity contribution in [2.75, 3.05) is 0 Å². The van der Waals surface area contributed by atoms with E-state index in [1.165, 1.54) is 0 Å². The Hall–Kier alpha value is 0.300. The summed E-state index contributed by atoms with van der Waals surface area (Å²) < 4.78 is 0.935. The van der Waals surface area contributed by atoms with Gasteiger partial charge in [0.25, 0.3) is 0 Å². The van der Waals surface area contributed by atoms with Crippen LogP contribution in [0.4, 0.5) is 0 Å². The Morgan fingerprint density at radius 3 is 2.81 bits per heavy atom. The summed E-state index contributed by atoms with van der Waals surface area (Å²) in [5, 5.41) is 11.4. The van der Waals surface area contributed by atoms with Crippen LogP contribution in [-0.2, 0) is 5.75 Å². The molecule has 4 heteroatoms. The summed E-state index contributed by atoms with van der Waals surface area (Å²) in [6.07, 6.45) is -0.413. The van der Waals surface area contributed by atoms with E-state index >= 15 is 0 Å². The van der Waals surface area contributed by atoms with Crippen molar-refractivity contribution in [1.82, 2.24) is 0 Å². The van der Waals surface area contributed by atoms with Crippen LogP contribution in [0.5, 0.6) is 0 Å². The highest BCUT2D eigenvalue weighted by Crippen LogP contribution is 2.44. The maximum absolute atomic E-state index is 10.3. The lowest BCUT2D eigenvalue weighted by atomic mass is 9.95. The zero-order valence-electron chi connectivity index (χ0n) is 9.21. The molecule has 0 spiro atoms. The first-order valence-corrected chi connectivity index (χ1v) is 7.50. The van der Waals surface area contributed by atoms with Gasteiger partial charge >= 0.3 is 0 Å². The monoisotopic (exact) mass is 320 g/mol. The molecule has 0 aromatic heterocycles. The summed E-state index contributed by atoms with van der Waals surface area (Å²) in [6, 6.07) is 3.88. The number of rotatable bonds is 1. The van der Waals surface area contributed by atoms with Gasteiger partial charge < -0.3 is 5.11 Å². The molecule has 0 fully saturated rings. The van der Waals surface area contributed by atoms with Gasteiger partial charge in [-0.15, -0.1) is 0 Å². The Morgan fingerprint density at radius 1 is 1.50 bits per heavy atom. The number of hydrogen-bond acceptors (Lipinski definition) is 2. The molecule has 1 aromatic rings. The molecule has 0 aliphatic carbocycles. The number of aliphatic hydroxyl groups excluding tert-OH is 1. The lowest BCUT2D eigenvalue weighted by Crippen LogP contribution is -2.26. The first kappa shape index (κ1) is 12.7. The molecule has 0 bridgehead atoms. The number of aliphatic hydroxyl groups is 1. The Kier molecular flexibility index (Phi) is 3.89.